The fourth-order valence-electron chi connectivity index (χ4n) is 1.32. The summed E-state index contributed by atoms with van der Waals surface area (Å²) >= 11 is 0. The lowest BCUT2D eigenvalue weighted by molar-refractivity contribution is 0.167. The lowest BCUT2D eigenvalue weighted by Gasteiger charge is -2.41. The summed E-state index contributed by atoms with van der Waals surface area (Å²) in [6.45, 7) is 2.11. The molecule has 0 saturated heterocycles. The van der Waals surface area contributed by atoms with E-state index in [2.05, 4.69) is 18.3 Å². The molecule has 1 N–H and O–H groups in total. The summed E-state index contributed by atoms with van der Waals surface area (Å²) < 4.78 is 0. The van der Waals surface area contributed by atoms with E-state index in [9.17, 15) is 0 Å². The molecular weight excluding hydrogens is 112 g/mol. The first kappa shape index (κ1) is 6.57. The number of hydrogen-bond acceptors (Lipinski definition) is 2. The molecule has 0 aromatic rings. The Morgan fingerprint density at radius 3 is 2.44 bits per heavy atom. The van der Waals surface area contributed by atoms with Gasteiger partial charge in [0.25, 0.3) is 0 Å². The lowest BCUT2D eigenvalue weighted by Crippen LogP contribution is -2.54. The van der Waals surface area contributed by atoms with Crippen LogP contribution in [0.5, 0.6) is 0 Å². The maximum Gasteiger partial charge on any atom is 0.109 e. The lowest BCUT2D eigenvalue weighted by atomic mass is 9.69. The van der Waals surface area contributed by atoms with Gasteiger partial charge in [0.05, 0.1) is 6.07 Å². The molecule has 0 spiro atoms. The summed E-state index contributed by atoms with van der Waals surface area (Å²) in [4.78, 5) is 0. The number of hydrogen-bond donors (Lipinski definition) is 1. The molecule has 1 fully saturated rings. The van der Waals surface area contributed by atoms with Gasteiger partial charge in [-0.05, 0) is 25.8 Å². The van der Waals surface area contributed by atoms with Crippen LogP contribution in [0.3, 0.4) is 0 Å². The number of nitrogens with one attached hydrogen (secondary N) is 1. The zero-order valence-electron chi connectivity index (χ0n) is 5.94. The minimum Gasteiger partial charge on any atom is -0.302 e. The highest BCUT2D eigenvalue weighted by Crippen LogP contribution is 2.36. The van der Waals surface area contributed by atoms with E-state index in [-0.39, 0.29) is 5.54 Å². The summed E-state index contributed by atoms with van der Waals surface area (Å²) in [5.74, 6) is 0.535. The van der Waals surface area contributed by atoms with Crippen LogP contribution < -0.4 is 5.32 Å². The van der Waals surface area contributed by atoms with Gasteiger partial charge in [0, 0.05) is 0 Å². The van der Waals surface area contributed by atoms with Crippen molar-refractivity contribution >= 4 is 0 Å². The SMILES string of the molecule is CNC1(C#N)CC[C@H]1C. The molecule has 0 heterocycles. The van der Waals surface area contributed by atoms with Crippen LogP contribution in [0.1, 0.15) is 19.8 Å². The Kier molecular flexibility index (Phi) is 1.46. The van der Waals surface area contributed by atoms with Crippen LogP contribution in [0.2, 0.25) is 0 Å². The summed E-state index contributed by atoms with van der Waals surface area (Å²) in [5, 5.41) is 11.7. The maximum absolute atomic E-state index is 8.69. The minimum absolute atomic E-state index is 0.181. The third-order valence-corrected chi connectivity index (χ3v) is 2.46. The zero-order chi connectivity index (χ0) is 6.91. The number of nitrogens with zero attached hydrogens (tertiary/aromatic N) is 1. The van der Waals surface area contributed by atoms with Crippen molar-refractivity contribution in [1.29, 1.82) is 5.26 Å². The predicted molar refractivity (Wildman–Crippen MR) is 35.8 cm³/mol. The monoisotopic (exact) mass is 124 g/mol. The van der Waals surface area contributed by atoms with E-state index in [1.165, 1.54) is 6.42 Å². The molecule has 2 atom stereocenters. The molecule has 0 aromatic heterocycles. The number of rotatable bonds is 1. The standard InChI is InChI=1S/C7H12N2/c1-6-3-4-7(6,5-8)9-2/h6,9H,3-4H2,1-2H3/t6-,7?/m1/s1. The third kappa shape index (κ3) is 0.727. The van der Waals surface area contributed by atoms with Crippen LogP contribution in [0, 0.1) is 17.2 Å². The second-order valence-corrected chi connectivity index (χ2v) is 2.77. The van der Waals surface area contributed by atoms with Gasteiger partial charge >= 0.3 is 0 Å². The fourth-order valence-corrected chi connectivity index (χ4v) is 1.32. The smallest absolute Gasteiger partial charge is 0.109 e. The normalized spacial score (nSPS) is 41.2. The molecule has 2 nitrogen and oxygen atoms in total. The molecule has 1 saturated carbocycles. The van der Waals surface area contributed by atoms with Crippen LogP contribution in [0.25, 0.3) is 0 Å². The van der Waals surface area contributed by atoms with E-state index >= 15 is 0 Å². The highest BCUT2D eigenvalue weighted by molar-refractivity contribution is 5.15. The van der Waals surface area contributed by atoms with Crippen molar-refractivity contribution in [1.82, 2.24) is 5.32 Å². The van der Waals surface area contributed by atoms with Crippen LogP contribution in [0.15, 0.2) is 0 Å². The van der Waals surface area contributed by atoms with E-state index in [0.29, 0.717) is 5.92 Å². The summed E-state index contributed by atoms with van der Waals surface area (Å²) in [7, 11) is 1.86. The van der Waals surface area contributed by atoms with Gasteiger partial charge in [-0.15, -0.1) is 0 Å². The van der Waals surface area contributed by atoms with Gasteiger partial charge in [-0.3, -0.25) is 0 Å². The quantitative estimate of drug-likeness (QED) is 0.563. The van der Waals surface area contributed by atoms with E-state index in [0.717, 1.165) is 6.42 Å². The summed E-state index contributed by atoms with van der Waals surface area (Å²) in [6.07, 6.45) is 2.20. The predicted octanol–water partition coefficient (Wildman–Crippen LogP) is 0.898. The van der Waals surface area contributed by atoms with Crippen LogP contribution in [-0.2, 0) is 0 Å². The van der Waals surface area contributed by atoms with Crippen molar-refractivity contribution < 1.29 is 0 Å². The Morgan fingerprint density at radius 2 is 2.44 bits per heavy atom. The van der Waals surface area contributed by atoms with Gasteiger partial charge in [0.2, 0.25) is 0 Å². The molecule has 1 aliphatic rings. The van der Waals surface area contributed by atoms with Crippen molar-refractivity contribution in [3.8, 4) is 6.07 Å². The fraction of sp³-hybridized carbons (Fsp3) is 0.857. The third-order valence-electron chi connectivity index (χ3n) is 2.46. The highest BCUT2D eigenvalue weighted by Gasteiger charge is 2.42. The summed E-state index contributed by atoms with van der Waals surface area (Å²) in [5.41, 5.74) is -0.181. The largest absolute Gasteiger partial charge is 0.302 e. The van der Waals surface area contributed by atoms with Crippen molar-refractivity contribution in [3.05, 3.63) is 0 Å². The van der Waals surface area contributed by atoms with Crippen molar-refractivity contribution in [2.75, 3.05) is 7.05 Å². The second kappa shape index (κ2) is 2.00. The Bertz CT molecular complexity index is 143. The molecule has 2 heteroatoms. The van der Waals surface area contributed by atoms with Gasteiger partial charge in [-0.2, -0.15) is 5.26 Å². The first-order chi connectivity index (χ1) is 4.25. The molecule has 0 amide bonds. The molecule has 1 rings (SSSR count). The first-order valence-electron chi connectivity index (χ1n) is 3.35. The first-order valence-corrected chi connectivity index (χ1v) is 3.35. The maximum atomic E-state index is 8.69. The summed E-state index contributed by atoms with van der Waals surface area (Å²) in [6, 6.07) is 2.30. The highest BCUT2D eigenvalue weighted by atomic mass is 15.0. The van der Waals surface area contributed by atoms with Gasteiger partial charge < -0.3 is 5.32 Å². The van der Waals surface area contributed by atoms with E-state index in [4.69, 9.17) is 5.26 Å². The van der Waals surface area contributed by atoms with Crippen LogP contribution in [0.4, 0.5) is 0 Å². The van der Waals surface area contributed by atoms with E-state index < -0.39 is 0 Å². The van der Waals surface area contributed by atoms with E-state index in [1.54, 1.807) is 0 Å². The Labute approximate surface area is 55.9 Å². The molecule has 0 aromatic carbocycles. The molecule has 0 radical (unpaired) electrons. The van der Waals surface area contributed by atoms with Crippen LogP contribution >= 0.6 is 0 Å². The van der Waals surface area contributed by atoms with E-state index in [1.807, 2.05) is 7.05 Å². The molecule has 0 bridgehead atoms. The van der Waals surface area contributed by atoms with Crippen molar-refractivity contribution in [2.24, 2.45) is 5.92 Å². The zero-order valence-corrected chi connectivity index (χ0v) is 5.94. The Morgan fingerprint density at radius 1 is 1.78 bits per heavy atom. The van der Waals surface area contributed by atoms with Crippen LogP contribution in [-0.4, -0.2) is 12.6 Å². The van der Waals surface area contributed by atoms with Crippen molar-refractivity contribution in [3.63, 3.8) is 0 Å². The molecule has 50 valence electrons. The number of nitriles is 1. The van der Waals surface area contributed by atoms with Gasteiger partial charge in [0.1, 0.15) is 5.54 Å². The topological polar surface area (TPSA) is 35.8 Å². The average Bonchev–Trinajstić information content (AvgIpc) is 1.89. The van der Waals surface area contributed by atoms with Gasteiger partial charge in [-0.1, -0.05) is 6.92 Å². The molecule has 0 aliphatic heterocycles. The minimum atomic E-state index is -0.181. The van der Waals surface area contributed by atoms with Crippen molar-refractivity contribution in [2.45, 2.75) is 25.3 Å². The second-order valence-electron chi connectivity index (χ2n) is 2.77. The Balaban J connectivity index is 2.61. The molecule has 1 aliphatic carbocycles. The molecular formula is C7H12N2. The average molecular weight is 124 g/mol. The molecule has 1 unspecified atom stereocenters. The van der Waals surface area contributed by atoms with Gasteiger partial charge in [-0.25, -0.2) is 0 Å². The molecule has 9 heavy (non-hydrogen) atoms. The Hall–Kier alpha value is -0.550. The van der Waals surface area contributed by atoms with Gasteiger partial charge in [0.15, 0.2) is 0 Å².